The third kappa shape index (κ3) is 3.73. The first-order valence-corrected chi connectivity index (χ1v) is 14.2. The number of hydrogen-bond acceptors (Lipinski definition) is 6. The fourth-order valence-electron chi connectivity index (χ4n) is 7.16. The molecular weight excluding hydrogens is 566 g/mol. The summed E-state index contributed by atoms with van der Waals surface area (Å²) in [5.41, 5.74) is 2.11. The predicted octanol–water partition coefficient (Wildman–Crippen LogP) is 6.49. The maximum atomic E-state index is 14.9. The molecule has 0 saturated carbocycles. The Morgan fingerprint density at radius 2 is 1.65 bits per heavy atom. The first-order valence-electron chi connectivity index (χ1n) is 13.8. The Morgan fingerprint density at radius 1 is 0.930 bits per heavy atom. The van der Waals surface area contributed by atoms with E-state index in [1.54, 1.807) is 42.5 Å². The highest BCUT2D eigenvalue weighted by Gasteiger charge is 2.70. The Morgan fingerprint density at radius 3 is 2.44 bits per heavy atom. The Labute approximate surface area is 251 Å². The van der Waals surface area contributed by atoms with E-state index in [1.165, 1.54) is 24.3 Å². The largest absolute Gasteiger partial charge is 0.352 e. The van der Waals surface area contributed by atoms with E-state index in [9.17, 15) is 24.5 Å². The van der Waals surface area contributed by atoms with Gasteiger partial charge in [-0.05, 0) is 42.3 Å². The van der Waals surface area contributed by atoms with Gasteiger partial charge < -0.3 is 10.2 Å². The lowest BCUT2D eigenvalue weighted by Gasteiger charge is -2.39. The van der Waals surface area contributed by atoms with Gasteiger partial charge in [0.25, 0.3) is 5.69 Å². The molecule has 9 heteroatoms. The highest BCUT2D eigenvalue weighted by molar-refractivity contribution is 6.34. The van der Waals surface area contributed by atoms with E-state index in [0.717, 1.165) is 11.1 Å². The predicted molar refractivity (Wildman–Crippen MR) is 164 cm³/mol. The number of benzene rings is 4. The van der Waals surface area contributed by atoms with E-state index >= 15 is 0 Å². The van der Waals surface area contributed by atoms with Crippen molar-refractivity contribution in [2.24, 2.45) is 5.92 Å². The third-order valence-electron chi connectivity index (χ3n) is 8.92. The van der Waals surface area contributed by atoms with E-state index in [-0.39, 0.29) is 21.8 Å². The minimum atomic E-state index is -1.53. The second kappa shape index (κ2) is 9.74. The van der Waals surface area contributed by atoms with Crippen molar-refractivity contribution in [2.75, 3.05) is 10.2 Å². The first kappa shape index (κ1) is 26.8. The average molecular weight is 590 g/mol. The molecule has 1 N–H and O–H groups in total. The summed E-state index contributed by atoms with van der Waals surface area (Å²) >= 11 is 6.57. The number of ketones is 2. The van der Waals surface area contributed by atoms with Crippen molar-refractivity contribution in [1.82, 2.24) is 0 Å². The summed E-state index contributed by atoms with van der Waals surface area (Å²) in [5.74, 6) is -2.64. The van der Waals surface area contributed by atoms with Crippen molar-refractivity contribution in [1.29, 1.82) is 0 Å². The fourth-order valence-corrected chi connectivity index (χ4v) is 7.39. The molecule has 0 aliphatic carbocycles. The van der Waals surface area contributed by atoms with Crippen molar-refractivity contribution in [3.05, 3.63) is 141 Å². The van der Waals surface area contributed by atoms with E-state index in [4.69, 9.17) is 11.6 Å². The second-order valence-corrected chi connectivity index (χ2v) is 11.4. The number of halogens is 1. The maximum absolute atomic E-state index is 14.9. The molecule has 4 atom stereocenters. The summed E-state index contributed by atoms with van der Waals surface area (Å²) in [7, 11) is 0. The topological polar surface area (TPSA) is 110 Å². The molecule has 0 aromatic heterocycles. The van der Waals surface area contributed by atoms with Crippen LogP contribution in [0.4, 0.5) is 17.1 Å². The molecule has 212 valence electrons. The molecule has 1 amide bonds. The minimum Gasteiger partial charge on any atom is -0.352 e. The van der Waals surface area contributed by atoms with Gasteiger partial charge in [0.15, 0.2) is 11.6 Å². The van der Waals surface area contributed by atoms with Crippen LogP contribution in [0.15, 0.2) is 103 Å². The lowest BCUT2D eigenvalue weighted by molar-refractivity contribution is -0.384. The van der Waals surface area contributed by atoms with Crippen molar-refractivity contribution < 1.29 is 19.3 Å². The Kier molecular flexibility index (Phi) is 6.07. The summed E-state index contributed by atoms with van der Waals surface area (Å²) < 4.78 is 0. The van der Waals surface area contributed by atoms with Gasteiger partial charge in [0.1, 0.15) is 11.5 Å². The molecule has 4 aromatic rings. The normalized spacial score (nSPS) is 23.2. The first-order chi connectivity index (χ1) is 20.7. The molecule has 43 heavy (non-hydrogen) atoms. The zero-order valence-electron chi connectivity index (χ0n) is 22.9. The maximum Gasteiger partial charge on any atom is 0.270 e. The summed E-state index contributed by atoms with van der Waals surface area (Å²) in [6.45, 7) is 1.95. The third-order valence-corrected chi connectivity index (χ3v) is 9.25. The SMILES string of the molecule is CC1=C[C@@H]2N(c3ccccc31)[C@H](C(=O)c1ccccc1Cl)[C@H](C(=O)c1cccc([N+](=O)[O-])c1)[C@@]21C(=O)Nc2ccccc21. The van der Waals surface area contributed by atoms with Crippen LogP contribution < -0.4 is 10.2 Å². The Balaban J connectivity index is 1.56. The van der Waals surface area contributed by atoms with Gasteiger partial charge in [0.2, 0.25) is 5.91 Å². The molecule has 4 aromatic carbocycles. The van der Waals surface area contributed by atoms with Gasteiger partial charge in [0, 0.05) is 40.2 Å². The summed E-state index contributed by atoms with van der Waals surface area (Å²) in [5, 5.41) is 14.9. The van der Waals surface area contributed by atoms with Gasteiger partial charge in [-0.15, -0.1) is 0 Å². The molecule has 3 aliphatic heterocycles. The van der Waals surface area contributed by atoms with E-state index < -0.39 is 45.8 Å². The van der Waals surface area contributed by atoms with Gasteiger partial charge in [-0.3, -0.25) is 24.5 Å². The molecule has 3 aliphatic rings. The van der Waals surface area contributed by atoms with Crippen LogP contribution in [-0.4, -0.2) is 34.5 Å². The number of para-hydroxylation sites is 2. The number of Topliss-reactive ketones (excluding diaryl/α,β-unsaturated/α-hetero) is 2. The number of amides is 1. The molecule has 1 saturated heterocycles. The fraction of sp³-hybridized carbons (Fsp3) is 0.147. The highest BCUT2D eigenvalue weighted by atomic mass is 35.5. The van der Waals surface area contributed by atoms with Crippen LogP contribution >= 0.6 is 11.6 Å². The molecule has 0 radical (unpaired) electrons. The van der Waals surface area contributed by atoms with Crippen LogP contribution in [0.2, 0.25) is 5.02 Å². The molecule has 3 heterocycles. The van der Waals surface area contributed by atoms with Crippen LogP contribution in [0.5, 0.6) is 0 Å². The van der Waals surface area contributed by atoms with Gasteiger partial charge in [-0.1, -0.05) is 78.3 Å². The van der Waals surface area contributed by atoms with Gasteiger partial charge >= 0.3 is 0 Å². The molecule has 1 spiro atoms. The minimum absolute atomic E-state index is 0.0431. The summed E-state index contributed by atoms with van der Waals surface area (Å²) in [6.07, 6.45) is 1.96. The van der Waals surface area contributed by atoms with Crippen LogP contribution in [-0.2, 0) is 10.2 Å². The van der Waals surface area contributed by atoms with Gasteiger partial charge in [0.05, 0.1) is 21.9 Å². The average Bonchev–Trinajstić information content (AvgIpc) is 3.49. The number of non-ortho nitro benzene ring substituents is 1. The lowest BCUT2D eigenvalue weighted by Crippen LogP contribution is -2.51. The number of carbonyl (C=O) groups is 3. The highest BCUT2D eigenvalue weighted by Crippen LogP contribution is 2.59. The van der Waals surface area contributed by atoms with Crippen LogP contribution in [0, 0.1) is 16.0 Å². The van der Waals surface area contributed by atoms with Gasteiger partial charge in [-0.2, -0.15) is 0 Å². The summed E-state index contributed by atoms with van der Waals surface area (Å²) in [4.78, 5) is 57.1. The number of hydrogen-bond donors (Lipinski definition) is 1. The number of nitro groups is 1. The number of nitrogens with one attached hydrogen (secondary N) is 1. The molecule has 0 bridgehead atoms. The zero-order valence-corrected chi connectivity index (χ0v) is 23.6. The number of anilines is 2. The standard InChI is InChI=1S/C34H24ClN3O5/c1-19-17-28-34(24-13-4-6-15-26(24)36-33(34)41)29(31(39)20-9-8-10-21(18-20)38(42)43)30(32(40)23-12-2-5-14-25(23)35)37(28)27-16-7-3-11-22(19)27/h2-18,28-30H,1H3,(H,36,41)/t28-,29+,30-,34-/m0/s1. The van der Waals surface area contributed by atoms with Crippen molar-refractivity contribution in [3.8, 4) is 0 Å². The van der Waals surface area contributed by atoms with Crippen LogP contribution in [0.25, 0.3) is 5.57 Å². The number of allylic oxidation sites excluding steroid dienone is 1. The lowest BCUT2D eigenvalue weighted by atomic mass is 9.64. The quantitative estimate of drug-likeness (QED) is 0.162. The Bertz CT molecular complexity index is 1920. The van der Waals surface area contributed by atoms with E-state index in [2.05, 4.69) is 5.32 Å². The van der Waals surface area contributed by atoms with Crippen LogP contribution in [0.3, 0.4) is 0 Å². The molecule has 0 unspecified atom stereocenters. The number of nitrogens with zero attached hydrogens (tertiary/aromatic N) is 2. The second-order valence-electron chi connectivity index (χ2n) is 11.0. The number of carbonyl (C=O) groups excluding carboxylic acids is 3. The monoisotopic (exact) mass is 589 g/mol. The smallest absolute Gasteiger partial charge is 0.270 e. The number of fused-ring (bicyclic) bond motifs is 6. The van der Waals surface area contributed by atoms with Gasteiger partial charge in [-0.25, -0.2) is 0 Å². The number of rotatable bonds is 5. The number of nitro benzene ring substituents is 1. The summed E-state index contributed by atoms with van der Waals surface area (Å²) in [6, 6.07) is 25.0. The molecule has 1 fully saturated rings. The van der Waals surface area contributed by atoms with E-state index in [0.29, 0.717) is 16.9 Å². The zero-order chi connectivity index (χ0) is 30.0. The van der Waals surface area contributed by atoms with Crippen LogP contribution in [0.1, 0.15) is 38.8 Å². The van der Waals surface area contributed by atoms with Crippen molar-refractivity contribution in [2.45, 2.75) is 24.4 Å². The van der Waals surface area contributed by atoms with Crippen molar-refractivity contribution in [3.63, 3.8) is 0 Å². The molecular formula is C34H24ClN3O5. The molecule has 8 nitrogen and oxygen atoms in total. The molecule has 7 rings (SSSR count). The van der Waals surface area contributed by atoms with Crippen molar-refractivity contribution >= 4 is 51.7 Å². The Hall–Kier alpha value is -5.08. The van der Waals surface area contributed by atoms with E-state index in [1.807, 2.05) is 48.2 Å².